The maximum absolute atomic E-state index is 4.97. The maximum Gasteiger partial charge on any atom is 0.206 e. The number of anilines is 1. The van der Waals surface area contributed by atoms with Crippen molar-refractivity contribution in [1.82, 2.24) is 14.9 Å². The van der Waals surface area contributed by atoms with Gasteiger partial charge in [0.05, 0.1) is 9.99 Å². The largest absolute Gasteiger partial charge is 0.340 e. The van der Waals surface area contributed by atoms with Crippen LogP contribution in [0, 0.1) is 0 Å². The van der Waals surface area contributed by atoms with Gasteiger partial charge in [0.1, 0.15) is 5.52 Å². The lowest BCUT2D eigenvalue weighted by molar-refractivity contribution is 0.556. The Morgan fingerprint density at radius 1 is 0.952 bits per heavy atom. The molecular weight excluding hydrogens is 464 g/mol. The molecule has 1 N–H and O–H groups in total. The van der Waals surface area contributed by atoms with Crippen molar-refractivity contribution >= 4 is 64.8 Å². The van der Waals surface area contributed by atoms with Gasteiger partial charge in [0.15, 0.2) is 0 Å². The molecule has 1 aromatic heterocycles. The molecule has 0 aliphatic carbocycles. The van der Waals surface area contributed by atoms with Crippen molar-refractivity contribution in [1.29, 1.82) is 0 Å². The molecule has 7 heteroatoms. The first-order valence-electron chi connectivity index (χ1n) is 7.19. The van der Waals surface area contributed by atoms with Crippen LogP contribution in [-0.4, -0.2) is 35.7 Å². The molecule has 0 amide bonds. The van der Waals surface area contributed by atoms with Gasteiger partial charge in [0.2, 0.25) is 5.95 Å². The number of halogens is 3. The summed E-state index contributed by atoms with van der Waals surface area (Å²) in [5.41, 5.74) is 3.74. The number of rotatable bonds is 1. The number of benzene rings is 1. The third-order valence-corrected chi connectivity index (χ3v) is 7.80. The molecule has 0 atom stereocenters. The van der Waals surface area contributed by atoms with Crippen LogP contribution in [-0.2, 0) is 13.0 Å². The van der Waals surface area contributed by atoms with Crippen molar-refractivity contribution < 1.29 is 0 Å². The van der Waals surface area contributed by atoms with E-state index in [1.807, 2.05) is 0 Å². The first-order valence-corrected chi connectivity index (χ1v) is 9.57. The average Bonchev–Trinajstić information content (AvgIpc) is 2.92. The minimum Gasteiger partial charge on any atom is -0.340 e. The second-order valence-electron chi connectivity index (χ2n) is 5.52. The van der Waals surface area contributed by atoms with Gasteiger partial charge >= 0.3 is 0 Å². The smallest absolute Gasteiger partial charge is 0.206 e. The normalized spacial score (nSPS) is 18.5. The van der Waals surface area contributed by atoms with Crippen LogP contribution >= 0.6 is 47.8 Å². The number of piperazine rings is 1. The van der Waals surface area contributed by atoms with Crippen LogP contribution < -0.4 is 10.2 Å². The Hall–Kier alpha value is -0.110. The molecule has 0 bridgehead atoms. The van der Waals surface area contributed by atoms with Gasteiger partial charge in [0, 0.05) is 41.7 Å². The Bertz CT molecular complexity index is 719. The second-order valence-corrected chi connectivity index (χ2v) is 7.90. The number of imidazole rings is 1. The van der Waals surface area contributed by atoms with E-state index < -0.39 is 0 Å². The quantitative estimate of drug-likeness (QED) is 0.635. The zero-order valence-corrected chi connectivity index (χ0v) is 16.2. The first-order chi connectivity index (χ1) is 10.2. The predicted octanol–water partition coefficient (Wildman–Crippen LogP) is 3.68. The first kappa shape index (κ1) is 14.5. The van der Waals surface area contributed by atoms with Gasteiger partial charge in [0.25, 0.3) is 0 Å². The number of nitrogens with one attached hydrogen (secondary N) is 1. The van der Waals surface area contributed by atoms with E-state index in [0.29, 0.717) is 0 Å². The van der Waals surface area contributed by atoms with E-state index in [1.165, 1.54) is 17.5 Å². The van der Waals surface area contributed by atoms with Crippen molar-refractivity contribution in [2.24, 2.45) is 0 Å². The summed E-state index contributed by atoms with van der Waals surface area (Å²) in [6, 6.07) is 0. The third kappa shape index (κ3) is 2.19. The van der Waals surface area contributed by atoms with Crippen LogP contribution in [0.25, 0.3) is 11.0 Å². The van der Waals surface area contributed by atoms with Crippen molar-refractivity contribution in [3.05, 3.63) is 19.0 Å². The van der Waals surface area contributed by atoms with E-state index in [9.17, 15) is 0 Å². The molecule has 1 aromatic carbocycles. The van der Waals surface area contributed by atoms with Crippen LogP contribution in [0.1, 0.15) is 12.0 Å². The van der Waals surface area contributed by atoms with Crippen molar-refractivity contribution in [3.63, 3.8) is 0 Å². The molecule has 2 aromatic rings. The number of hydrogen-bond acceptors (Lipinski definition) is 3. The second kappa shape index (κ2) is 5.51. The van der Waals surface area contributed by atoms with Crippen LogP contribution in [0.5, 0.6) is 0 Å². The third-order valence-electron chi connectivity index (χ3n) is 4.30. The molecule has 1 saturated heterocycles. The Balaban J connectivity index is 1.98. The van der Waals surface area contributed by atoms with Crippen molar-refractivity contribution in [2.45, 2.75) is 19.4 Å². The molecule has 1 fully saturated rings. The van der Waals surface area contributed by atoms with E-state index >= 15 is 0 Å². The standard InChI is InChI=1S/C14H15Br3N4/c15-9-8-2-1-5-21-13(8)12(11(17)10(9)16)19-14(21)20-6-3-18-4-7-20/h18H,1-7H2. The molecule has 112 valence electrons. The van der Waals surface area contributed by atoms with Crippen molar-refractivity contribution in [2.75, 3.05) is 31.1 Å². The fourth-order valence-electron chi connectivity index (χ4n) is 3.30. The van der Waals surface area contributed by atoms with E-state index in [-0.39, 0.29) is 0 Å². The fraction of sp³-hybridized carbons (Fsp3) is 0.500. The zero-order valence-electron chi connectivity index (χ0n) is 11.4. The van der Waals surface area contributed by atoms with Crippen LogP contribution in [0.4, 0.5) is 5.95 Å². The highest BCUT2D eigenvalue weighted by molar-refractivity contribution is 9.14. The zero-order chi connectivity index (χ0) is 14.6. The summed E-state index contributed by atoms with van der Waals surface area (Å²) in [4.78, 5) is 7.38. The highest BCUT2D eigenvalue weighted by Crippen LogP contribution is 2.44. The molecule has 0 radical (unpaired) electrons. The lowest BCUT2D eigenvalue weighted by Crippen LogP contribution is -2.44. The summed E-state index contributed by atoms with van der Waals surface area (Å²) in [6.07, 6.45) is 2.28. The monoisotopic (exact) mass is 476 g/mol. The van der Waals surface area contributed by atoms with E-state index in [2.05, 4.69) is 62.6 Å². The number of nitrogens with zero attached hydrogens (tertiary/aromatic N) is 3. The summed E-state index contributed by atoms with van der Waals surface area (Å²) in [5.74, 6) is 1.12. The minimum atomic E-state index is 1.03. The molecule has 4 nitrogen and oxygen atoms in total. The molecule has 4 rings (SSSR count). The lowest BCUT2D eigenvalue weighted by Gasteiger charge is -2.29. The Kier molecular flexibility index (Phi) is 3.80. The number of aromatic nitrogens is 2. The summed E-state index contributed by atoms with van der Waals surface area (Å²) in [5, 5.41) is 3.41. The number of aryl methyl sites for hydroxylation is 2. The SMILES string of the molecule is Brc1c(Br)c2c3c(nc(N4CCNCC4)n3CCC2)c1Br. The predicted molar refractivity (Wildman–Crippen MR) is 96.2 cm³/mol. The average molecular weight is 479 g/mol. The molecule has 0 saturated carbocycles. The van der Waals surface area contributed by atoms with E-state index in [0.717, 1.165) is 64.0 Å². The Morgan fingerprint density at radius 3 is 2.48 bits per heavy atom. The molecule has 3 heterocycles. The van der Waals surface area contributed by atoms with Gasteiger partial charge in [-0.3, -0.25) is 0 Å². The van der Waals surface area contributed by atoms with E-state index in [1.54, 1.807) is 0 Å². The van der Waals surface area contributed by atoms with Crippen molar-refractivity contribution in [3.8, 4) is 0 Å². The van der Waals surface area contributed by atoms with Gasteiger partial charge in [-0.1, -0.05) is 0 Å². The fourth-order valence-corrected chi connectivity index (χ4v) is 5.05. The highest BCUT2D eigenvalue weighted by Gasteiger charge is 2.27. The van der Waals surface area contributed by atoms with Crippen LogP contribution in [0.2, 0.25) is 0 Å². The number of hydrogen-bond donors (Lipinski definition) is 1. The minimum absolute atomic E-state index is 1.03. The highest BCUT2D eigenvalue weighted by atomic mass is 79.9. The van der Waals surface area contributed by atoms with Crippen LogP contribution in [0.3, 0.4) is 0 Å². The summed E-state index contributed by atoms with van der Waals surface area (Å²) in [6.45, 7) is 5.18. The summed E-state index contributed by atoms with van der Waals surface area (Å²) >= 11 is 11.1. The molecule has 0 unspecified atom stereocenters. The molecule has 2 aliphatic rings. The summed E-state index contributed by atoms with van der Waals surface area (Å²) in [7, 11) is 0. The molecule has 21 heavy (non-hydrogen) atoms. The summed E-state index contributed by atoms with van der Waals surface area (Å²) < 4.78 is 5.68. The Labute approximate surface area is 148 Å². The topological polar surface area (TPSA) is 33.1 Å². The maximum atomic E-state index is 4.97. The van der Waals surface area contributed by atoms with Gasteiger partial charge in [-0.25, -0.2) is 4.98 Å². The van der Waals surface area contributed by atoms with Gasteiger partial charge < -0.3 is 14.8 Å². The molecule has 0 spiro atoms. The lowest BCUT2D eigenvalue weighted by atomic mass is 10.0. The van der Waals surface area contributed by atoms with Gasteiger partial charge in [-0.15, -0.1) is 0 Å². The van der Waals surface area contributed by atoms with Gasteiger partial charge in [-0.2, -0.15) is 0 Å². The Morgan fingerprint density at radius 2 is 1.71 bits per heavy atom. The molecule has 2 aliphatic heterocycles. The van der Waals surface area contributed by atoms with Crippen LogP contribution in [0.15, 0.2) is 13.4 Å². The van der Waals surface area contributed by atoms with Gasteiger partial charge in [-0.05, 0) is 66.2 Å². The van der Waals surface area contributed by atoms with E-state index in [4.69, 9.17) is 4.98 Å². The molecular formula is C14H15Br3N4.